The molecule has 0 aliphatic heterocycles. The van der Waals surface area contributed by atoms with Crippen LogP contribution in [0.2, 0.25) is 0 Å². The molecular weight excluding hydrogens is 286 g/mol. The van der Waals surface area contributed by atoms with Gasteiger partial charge in [0.05, 0.1) is 5.92 Å². The van der Waals surface area contributed by atoms with Crippen LogP contribution in [0.3, 0.4) is 0 Å². The van der Waals surface area contributed by atoms with Crippen molar-refractivity contribution >= 4 is 16.9 Å². The van der Waals surface area contributed by atoms with Crippen LogP contribution in [0.1, 0.15) is 23.2 Å². The average molecular weight is 305 g/mol. The van der Waals surface area contributed by atoms with E-state index < -0.39 is 0 Å². The molecule has 1 aromatic heterocycles. The van der Waals surface area contributed by atoms with Gasteiger partial charge >= 0.3 is 5.97 Å². The third-order valence-corrected chi connectivity index (χ3v) is 4.65. The van der Waals surface area contributed by atoms with Gasteiger partial charge in [0.25, 0.3) is 0 Å². The maximum absolute atomic E-state index is 12.4. The highest BCUT2D eigenvalue weighted by Gasteiger charge is 2.28. The van der Waals surface area contributed by atoms with Crippen LogP contribution in [-0.2, 0) is 29.0 Å². The Kier molecular flexibility index (Phi) is 3.62. The van der Waals surface area contributed by atoms with Crippen LogP contribution in [-0.4, -0.2) is 11.0 Å². The minimum Gasteiger partial charge on any atom is -0.461 e. The second kappa shape index (κ2) is 5.92. The van der Waals surface area contributed by atoms with Crippen LogP contribution in [0.25, 0.3) is 10.9 Å². The smallest absolute Gasteiger partial charge is 0.309 e. The van der Waals surface area contributed by atoms with Crippen LogP contribution >= 0.6 is 0 Å². The van der Waals surface area contributed by atoms with Gasteiger partial charge in [0, 0.05) is 16.6 Å². The lowest BCUT2D eigenvalue weighted by Gasteiger charge is -2.21. The van der Waals surface area contributed by atoms with E-state index in [-0.39, 0.29) is 11.9 Å². The van der Waals surface area contributed by atoms with E-state index in [9.17, 15) is 4.79 Å². The largest absolute Gasteiger partial charge is 0.461 e. The molecule has 3 nitrogen and oxygen atoms in total. The van der Waals surface area contributed by atoms with Crippen LogP contribution in [0.5, 0.6) is 0 Å². The molecule has 0 saturated heterocycles. The SMILES string of the molecule is O=C(OCc1ccccc1)C1CCc2[nH]c3ccccc3c2C1. The number of rotatable bonds is 3. The molecule has 1 atom stereocenters. The molecule has 116 valence electrons. The highest BCUT2D eigenvalue weighted by Crippen LogP contribution is 2.32. The number of H-pyrrole nitrogens is 1. The molecule has 0 spiro atoms. The summed E-state index contributed by atoms with van der Waals surface area (Å²) in [6.45, 7) is 0.358. The number of benzene rings is 2. The summed E-state index contributed by atoms with van der Waals surface area (Å²) in [5, 5.41) is 1.24. The number of aromatic nitrogens is 1. The Labute approximate surface area is 135 Å². The molecule has 2 aromatic carbocycles. The van der Waals surface area contributed by atoms with Crippen molar-refractivity contribution in [2.24, 2.45) is 5.92 Å². The zero-order chi connectivity index (χ0) is 15.6. The van der Waals surface area contributed by atoms with Gasteiger partial charge in [-0.1, -0.05) is 48.5 Å². The van der Waals surface area contributed by atoms with Crippen molar-refractivity contribution in [3.8, 4) is 0 Å². The number of hydrogen-bond acceptors (Lipinski definition) is 2. The molecular formula is C20H19NO2. The Balaban J connectivity index is 1.48. The van der Waals surface area contributed by atoms with Crippen molar-refractivity contribution in [2.75, 3.05) is 0 Å². The Hall–Kier alpha value is -2.55. The first kappa shape index (κ1) is 14.1. The maximum Gasteiger partial charge on any atom is 0.309 e. The van der Waals surface area contributed by atoms with E-state index in [4.69, 9.17) is 4.74 Å². The predicted octanol–water partition coefficient (Wildman–Crippen LogP) is 4.02. The first-order valence-corrected chi connectivity index (χ1v) is 8.10. The fraction of sp³-hybridized carbons (Fsp3) is 0.250. The number of hydrogen-bond donors (Lipinski definition) is 1. The number of fused-ring (bicyclic) bond motifs is 3. The monoisotopic (exact) mass is 305 g/mol. The third kappa shape index (κ3) is 2.74. The van der Waals surface area contributed by atoms with Crippen LogP contribution in [0, 0.1) is 5.92 Å². The maximum atomic E-state index is 12.4. The Morgan fingerprint density at radius 3 is 2.74 bits per heavy atom. The normalized spacial score (nSPS) is 17.0. The molecule has 0 radical (unpaired) electrons. The summed E-state index contributed by atoms with van der Waals surface area (Å²) in [4.78, 5) is 15.9. The number of ether oxygens (including phenoxy) is 1. The summed E-state index contributed by atoms with van der Waals surface area (Å²) >= 11 is 0. The molecule has 1 N–H and O–H groups in total. The number of carbonyl (C=O) groups is 1. The minimum absolute atomic E-state index is 0.0366. The van der Waals surface area contributed by atoms with Crippen molar-refractivity contribution < 1.29 is 9.53 Å². The molecule has 0 saturated carbocycles. The van der Waals surface area contributed by atoms with Crippen molar-refractivity contribution in [3.05, 3.63) is 71.4 Å². The first-order valence-electron chi connectivity index (χ1n) is 8.10. The third-order valence-electron chi connectivity index (χ3n) is 4.65. The second-order valence-electron chi connectivity index (χ2n) is 6.16. The van der Waals surface area contributed by atoms with Gasteiger partial charge in [-0.25, -0.2) is 0 Å². The number of aryl methyl sites for hydroxylation is 1. The minimum atomic E-state index is -0.0789. The molecule has 0 bridgehead atoms. The lowest BCUT2D eigenvalue weighted by molar-refractivity contribution is -0.150. The van der Waals surface area contributed by atoms with Gasteiger partial charge in [-0.2, -0.15) is 0 Å². The topological polar surface area (TPSA) is 42.1 Å². The van der Waals surface area contributed by atoms with Crippen molar-refractivity contribution in [1.29, 1.82) is 0 Å². The zero-order valence-electron chi connectivity index (χ0n) is 12.9. The lowest BCUT2D eigenvalue weighted by Crippen LogP contribution is -2.24. The quantitative estimate of drug-likeness (QED) is 0.743. The van der Waals surface area contributed by atoms with E-state index in [1.165, 1.54) is 16.6 Å². The predicted molar refractivity (Wildman–Crippen MR) is 90.1 cm³/mol. The summed E-state index contributed by atoms with van der Waals surface area (Å²) in [5.41, 5.74) is 4.76. The molecule has 1 aliphatic rings. The van der Waals surface area contributed by atoms with E-state index in [0.717, 1.165) is 30.3 Å². The van der Waals surface area contributed by atoms with Crippen LogP contribution in [0.4, 0.5) is 0 Å². The van der Waals surface area contributed by atoms with Gasteiger partial charge < -0.3 is 9.72 Å². The Morgan fingerprint density at radius 2 is 1.87 bits per heavy atom. The summed E-state index contributed by atoms with van der Waals surface area (Å²) in [6, 6.07) is 18.1. The number of carbonyl (C=O) groups excluding carboxylic acids is 1. The van der Waals surface area contributed by atoms with Crippen molar-refractivity contribution in [2.45, 2.75) is 25.9 Å². The number of aromatic amines is 1. The average Bonchev–Trinajstić information content (AvgIpc) is 2.98. The molecule has 0 fully saturated rings. The number of esters is 1. The van der Waals surface area contributed by atoms with Gasteiger partial charge in [-0.05, 0) is 36.5 Å². The van der Waals surface area contributed by atoms with E-state index in [1.807, 2.05) is 42.5 Å². The number of nitrogens with one attached hydrogen (secondary N) is 1. The molecule has 3 aromatic rings. The molecule has 4 rings (SSSR count). The molecule has 3 heteroatoms. The Morgan fingerprint density at radius 1 is 1.09 bits per heavy atom. The molecule has 1 heterocycles. The summed E-state index contributed by atoms with van der Waals surface area (Å²) < 4.78 is 5.52. The number of para-hydroxylation sites is 1. The van der Waals surface area contributed by atoms with Crippen molar-refractivity contribution in [3.63, 3.8) is 0 Å². The fourth-order valence-electron chi connectivity index (χ4n) is 3.42. The van der Waals surface area contributed by atoms with E-state index in [2.05, 4.69) is 17.1 Å². The van der Waals surface area contributed by atoms with E-state index in [1.54, 1.807) is 0 Å². The van der Waals surface area contributed by atoms with Crippen LogP contribution < -0.4 is 0 Å². The highest BCUT2D eigenvalue weighted by atomic mass is 16.5. The van der Waals surface area contributed by atoms with Crippen LogP contribution in [0.15, 0.2) is 54.6 Å². The second-order valence-corrected chi connectivity index (χ2v) is 6.16. The molecule has 23 heavy (non-hydrogen) atoms. The van der Waals surface area contributed by atoms with Gasteiger partial charge in [0.2, 0.25) is 0 Å². The fourth-order valence-corrected chi connectivity index (χ4v) is 3.42. The Bertz CT molecular complexity index is 835. The molecule has 1 aliphatic carbocycles. The van der Waals surface area contributed by atoms with Crippen molar-refractivity contribution in [1.82, 2.24) is 4.98 Å². The summed E-state index contributed by atoms with van der Waals surface area (Å²) in [5.74, 6) is -0.116. The van der Waals surface area contributed by atoms with Gasteiger partial charge in [0.15, 0.2) is 0 Å². The molecule has 1 unspecified atom stereocenters. The lowest BCUT2D eigenvalue weighted by atomic mass is 9.86. The van der Waals surface area contributed by atoms with E-state index in [0.29, 0.717) is 6.61 Å². The molecule has 0 amide bonds. The van der Waals surface area contributed by atoms with Gasteiger partial charge in [-0.15, -0.1) is 0 Å². The standard InChI is InChI=1S/C20H19NO2/c22-20(23-13-14-6-2-1-3-7-14)15-10-11-19-17(12-15)16-8-4-5-9-18(16)21-19/h1-9,15,21H,10-13H2. The summed E-state index contributed by atoms with van der Waals surface area (Å²) in [6.07, 6.45) is 2.54. The summed E-state index contributed by atoms with van der Waals surface area (Å²) in [7, 11) is 0. The van der Waals surface area contributed by atoms with Gasteiger partial charge in [0.1, 0.15) is 6.61 Å². The van der Waals surface area contributed by atoms with Gasteiger partial charge in [-0.3, -0.25) is 4.79 Å². The highest BCUT2D eigenvalue weighted by molar-refractivity contribution is 5.86. The zero-order valence-corrected chi connectivity index (χ0v) is 12.9. The first-order chi connectivity index (χ1) is 11.3. The van der Waals surface area contributed by atoms with E-state index >= 15 is 0 Å².